The highest BCUT2D eigenvalue weighted by Crippen LogP contribution is 2.68. The molecule has 28 heavy (non-hydrogen) atoms. The number of carbonyl (C=O) groups is 3. The fraction of sp³-hybridized carbons (Fsp3) is 0.783. The molecular formula is C23H32O4S. The third kappa shape index (κ3) is 2.96. The molecule has 0 aliphatic heterocycles. The van der Waals surface area contributed by atoms with Gasteiger partial charge in [0.1, 0.15) is 6.61 Å². The predicted molar refractivity (Wildman–Crippen MR) is 110 cm³/mol. The molecule has 1 N–H and O–H groups in total. The SMILES string of the molecule is CC(=O)SC1CC2=CC(=O)CC[C@]2(C)[C@H]2CC[C@]3(C)[C@@H](C(=O)CO)CC[C@H]3[C@H]12. The maximum atomic E-state index is 12.5. The van der Waals surface area contributed by atoms with Crippen LogP contribution in [0.15, 0.2) is 11.6 Å². The molecule has 154 valence electrons. The first-order chi connectivity index (χ1) is 13.2. The molecule has 4 rings (SSSR count). The minimum absolute atomic E-state index is 0.00918. The number of fused-ring (bicyclic) bond motifs is 5. The summed E-state index contributed by atoms with van der Waals surface area (Å²) in [5.74, 6) is 1.46. The molecule has 0 saturated heterocycles. The first-order valence-electron chi connectivity index (χ1n) is 10.8. The van der Waals surface area contributed by atoms with Gasteiger partial charge in [0.05, 0.1) is 0 Å². The van der Waals surface area contributed by atoms with Gasteiger partial charge in [-0.2, -0.15) is 0 Å². The second kappa shape index (κ2) is 7.09. The Balaban J connectivity index is 1.74. The van der Waals surface area contributed by atoms with Crippen LogP contribution in [0.3, 0.4) is 0 Å². The minimum atomic E-state index is -0.362. The van der Waals surface area contributed by atoms with E-state index in [4.69, 9.17) is 0 Å². The lowest BCUT2D eigenvalue weighted by Crippen LogP contribution is -2.55. The molecule has 0 bridgehead atoms. The molecule has 0 radical (unpaired) electrons. The lowest BCUT2D eigenvalue weighted by Gasteiger charge is -2.60. The summed E-state index contributed by atoms with van der Waals surface area (Å²) < 4.78 is 0. The van der Waals surface area contributed by atoms with Gasteiger partial charge >= 0.3 is 0 Å². The lowest BCUT2D eigenvalue weighted by molar-refractivity contribution is -0.133. The van der Waals surface area contributed by atoms with Crippen LogP contribution in [0.1, 0.15) is 65.7 Å². The van der Waals surface area contributed by atoms with Crippen LogP contribution in [0.2, 0.25) is 0 Å². The maximum absolute atomic E-state index is 12.5. The third-order valence-corrected chi connectivity index (χ3v) is 9.94. The van der Waals surface area contributed by atoms with Crippen LogP contribution in [-0.4, -0.2) is 33.6 Å². The van der Waals surface area contributed by atoms with E-state index >= 15 is 0 Å². The second-order valence-corrected chi connectivity index (χ2v) is 11.4. The largest absolute Gasteiger partial charge is 0.389 e. The molecular weight excluding hydrogens is 372 g/mol. The van der Waals surface area contributed by atoms with E-state index in [0.29, 0.717) is 24.2 Å². The van der Waals surface area contributed by atoms with Crippen molar-refractivity contribution >= 4 is 28.4 Å². The normalized spacial score (nSPS) is 44.9. The van der Waals surface area contributed by atoms with Gasteiger partial charge in [-0.1, -0.05) is 31.2 Å². The summed E-state index contributed by atoms with van der Waals surface area (Å²) in [5.41, 5.74) is 1.24. The fourth-order valence-corrected chi connectivity index (χ4v) is 8.70. The number of thioether (sulfide) groups is 1. The molecule has 4 aliphatic carbocycles. The van der Waals surface area contributed by atoms with Crippen LogP contribution in [0.4, 0.5) is 0 Å². The van der Waals surface area contributed by atoms with Crippen LogP contribution < -0.4 is 0 Å². The number of rotatable bonds is 3. The molecule has 7 atom stereocenters. The third-order valence-electron chi connectivity index (χ3n) is 8.82. The van der Waals surface area contributed by atoms with E-state index in [-0.39, 0.29) is 45.3 Å². The second-order valence-electron chi connectivity index (χ2n) is 9.99. The van der Waals surface area contributed by atoms with Gasteiger partial charge in [0.2, 0.25) is 0 Å². The van der Waals surface area contributed by atoms with Crippen molar-refractivity contribution in [2.45, 2.75) is 71.0 Å². The Bertz CT molecular complexity index is 743. The topological polar surface area (TPSA) is 71.4 Å². The summed E-state index contributed by atoms with van der Waals surface area (Å²) >= 11 is 1.45. The summed E-state index contributed by atoms with van der Waals surface area (Å²) in [5, 5.41) is 9.82. The predicted octanol–water partition coefficient (Wildman–Crippen LogP) is 3.95. The van der Waals surface area contributed by atoms with Gasteiger partial charge in [0, 0.05) is 24.5 Å². The number of aliphatic hydroxyl groups is 1. The first-order valence-corrected chi connectivity index (χ1v) is 11.6. The van der Waals surface area contributed by atoms with Crippen molar-refractivity contribution in [1.29, 1.82) is 0 Å². The van der Waals surface area contributed by atoms with Crippen LogP contribution in [-0.2, 0) is 14.4 Å². The molecule has 0 aromatic heterocycles. The molecule has 0 aromatic carbocycles. The van der Waals surface area contributed by atoms with E-state index in [2.05, 4.69) is 13.8 Å². The van der Waals surface area contributed by atoms with Gasteiger partial charge in [-0.15, -0.1) is 0 Å². The van der Waals surface area contributed by atoms with E-state index in [1.54, 1.807) is 6.92 Å². The minimum Gasteiger partial charge on any atom is -0.389 e. The molecule has 0 amide bonds. The highest BCUT2D eigenvalue weighted by molar-refractivity contribution is 8.14. The van der Waals surface area contributed by atoms with Gasteiger partial charge in [-0.05, 0) is 73.2 Å². The molecule has 3 saturated carbocycles. The van der Waals surface area contributed by atoms with Crippen molar-refractivity contribution in [3.63, 3.8) is 0 Å². The Morgan fingerprint density at radius 2 is 1.93 bits per heavy atom. The van der Waals surface area contributed by atoms with E-state index in [9.17, 15) is 19.5 Å². The molecule has 3 fully saturated rings. The Labute approximate surface area is 171 Å². The van der Waals surface area contributed by atoms with Crippen molar-refractivity contribution in [1.82, 2.24) is 0 Å². The number of ketones is 2. The smallest absolute Gasteiger partial charge is 0.186 e. The van der Waals surface area contributed by atoms with Crippen LogP contribution in [0.25, 0.3) is 0 Å². The Morgan fingerprint density at radius 1 is 1.18 bits per heavy atom. The zero-order valence-electron chi connectivity index (χ0n) is 17.2. The van der Waals surface area contributed by atoms with Crippen LogP contribution >= 0.6 is 11.8 Å². The molecule has 4 aliphatic rings. The molecule has 0 heterocycles. The van der Waals surface area contributed by atoms with Crippen molar-refractivity contribution in [2.75, 3.05) is 6.61 Å². The van der Waals surface area contributed by atoms with Crippen LogP contribution in [0.5, 0.6) is 0 Å². The Kier molecular flexibility index (Phi) is 5.15. The number of allylic oxidation sites excluding steroid dienone is 1. The monoisotopic (exact) mass is 404 g/mol. The molecule has 5 heteroatoms. The van der Waals surface area contributed by atoms with Crippen molar-refractivity contribution in [3.8, 4) is 0 Å². The number of hydrogen-bond acceptors (Lipinski definition) is 5. The van der Waals surface area contributed by atoms with Crippen molar-refractivity contribution in [3.05, 3.63) is 11.6 Å². The molecule has 0 aromatic rings. The molecule has 1 unspecified atom stereocenters. The average Bonchev–Trinajstić information content (AvgIpc) is 2.99. The number of aliphatic hydroxyl groups excluding tert-OH is 1. The molecule has 4 nitrogen and oxygen atoms in total. The van der Waals surface area contributed by atoms with E-state index in [1.807, 2.05) is 6.08 Å². The fourth-order valence-electron chi connectivity index (χ4n) is 7.47. The highest BCUT2D eigenvalue weighted by Gasteiger charge is 2.62. The zero-order valence-corrected chi connectivity index (χ0v) is 18.0. The quantitative estimate of drug-likeness (QED) is 0.771. The standard InChI is InChI=1S/C23H32O4S/c1-13(25)28-20-11-14-10-15(26)6-8-22(14,2)18-7-9-23(3)16(19(27)12-24)4-5-17(23)21(18)20/h10,16-18,20-21,24H,4-9,11-12H2,1-3H3/t16-,17+,18+,20?,21+,22+,23-/m1/s1. The summed E-state index contributed by atoms with van der Waals surface area (Å²) in [7, 11) is 0. The number of hydrogen-bond donors (Lipinski definition) is 1. The summed E-state index contributed by atoms with van der Waals surface area (Å²) in [4.78, 5) is 36.7. The summed E-state index contributed by atoms with van der Waals surface area (Å²) in [6, 6.07) is 0. The van der Waals surface area contributed by atoms with Gasteiger partial charge in [-0.25, -0.2) is 0 Å². The van der Waals surface area contributed by atoms with Gasteiger partial charge in [-0.3, -0.25) is 14.4 Å². The first kappa shape index (κ1) is 20.3. The number of carbonyl (C=O) groups excluding carboxylic acids is 3. The van der Waals surface area contributed by atoms with Crippen LogP contribution in [0, 0.1) is 34.5 Å². The summed E-state index contributed by atoms with van der Waals surface area (Å²) in [6.07, 6.45) is 8.16. The highest BCUT2D eigenvalue weighted by atomic mass is 32.2. The van der Waals surface area contributed by atoms with E-state index in [0.717, 1.165) is 38.5 Å². The van der Waals surface area contributed by atoms with Crippen molar-refractivity contribution in [2.24, 2.45) is 34.5 Å². The Morgan fingerprint density at radius 3 is 2.61 bits per heavy atom. The van der Waals surface area contributed by atoms with E-state index in [1.165, 1.54) is 17.3 Å². The lowest BCUT2D eigenvalue weighted by atomic mass is 9.46. The van der Waals surface area contributed by atoms with E-state index < -0.39 is 0 Å². The Hall–Kier alpha value is -0.940. The summed E-state index contributed by atoms with van der Waals surface area (Å²) in [6.45, 7) is 5.88. The molecule has 0 spiro atoms. The number of Topliss-reactive ketones (excluding diaryl/α,β-unsaturated/α-hetero) is 1. The maximum Gasteiger partial charge on any atom is 0.186 e. The van der Waals surface area contributed by atoms with Gasteiger partial charge in [0.25, 0.3) is 0 Å². The zero-order chi connectivity index (χ0) is 20.3. The van der Waals surface area contributed by atoms with Gasteiger partial charge < -0.3 is 5.11 Å². The van der Waals surface area contributed by atoms with Crippen molar-refractivity contribution < 1.29 is 19.5 Å². The van der Waals surface area contributed by atoms with Gasteiger partial charge in [0.15, 0.2) is 16.7 Å². The average molecular weight is 405 g/mol.